The van der Waals surface area contributed by atoms with Gasteiger partial charge in [0.05, 0.1) is 17.9 Å². The summed E-state index contributed by atoms with van der Waals surface area (Å²) in [6.45, 7) is 0.177. The number of hydrogen-bond acceptors (Lipinski definition) is 8. The number of anilines is 1. The number of nitrogens with zero attached hydrogens (tertiary/aromatic N) is 3. The molecule has 2 atom stereocenters. The molecular formula is C27H32N4O6S2. The van der Waals surface area contributed by atoms with Crippen LogP contribution in [-0.2, 0) is 19.6 Å². The summed E-state index contributed by atoms with van der Waals surface area (Å²) in [5.74, 6) is -0.939. The first-order chi connectivity index (χ1) is 18.8. The molecule has 2 aromatic heterocycles. The van der Waals surface area contributed by atoms with E-state index in [1.54, 1.807) is 31.4 Å². The van der Waals surface area contributed by atoms with Gasteiger partial charge >= 0.3 is 5.97 Å². The maximum atomic E-state index is 13.6. The summed E-state index contributed by atoms with van der Waals surface area (Å²) in [6.07, 6.45) is 6.66. The van der Waals surface area contributed by atoms with Crippen LogP contribution in [0.4, 0.5) is 5.13 Å². The average Bonchev–Trinajstić information content (AvgIpc) is 3.60. The molecule has 2 aliphatic rings. The van der Waals surface area contributed by atoms with E-state index in [0.717, 1.165) is 30.0 Å². The number of thiazole rings is 1. The second kappa shape index (κ2) is 11.6. The van der Waals surface area contributed by atoms with Crippen molar-refractivity contribution in [1.82, 2.24) is 14.3 Å². The van der Waals surface area contributed by atoms with Crippen molar-refractivity contribution >= 4 is 48.7 Å². The van der Waals surface area contributed by atoms with E-state index in [9.17, 15) is 23.1 Å². The van der Waals surface area contributed by atoms with Crippen molar-refractivity contribution in [3.63, 3.8) is 0 Å². The highest BCUT2D eigenvalue weighted by atomic mass is 32.2. The highest BCUT2D eigenvalue weighted by molar-refractivity contribution is 7.89. The molecule has 5 rings (SSSR count). The van der Waals surface area contributed by atoms with Gasteiger partial charge in [0.2, 0.25) is 21.8 Å². The summed E-state index contributed by atoms with van der Waals surface area (Å²) in [5.41, 5.74) is 1.38. The third kappa shape index (κ3) is 5.92. The molecule has 12 heteroatoms. The zero-order chi connectivity index (χ0) is 27.6. The van der Waals surface area contributed by atoms with Crippen molar-refractivity contribution in [2.24, 2.45) is 5.92 Å². The number of rotatable bonds is 9. The van der Waals surface area contributed by atoms with Crippen LogP contribution in [0, 0.1) is 5.92 Å². The lowest BCUT2D eigenvalue weighted by molar-refractivity contribution is -0.142. The fourth-order valence-corrected chi connectivity index (χ4v) is 8.06. The number of aliphatic carboxylic acids is 1. The van der Waals surface area contributed by atoms with Gasteiger partial charge in [0, 0.05) is 12.6 Å². The molecule has 1 aliphatic carbocycles. The van der Waals surface area contributed by atoms with Gasteiger partial charge in [-0.25, -0.2) is 18.4 Å². The molecule has 3 heterocycles. The zero-order valence-corrected chi connectivity index (χ0v) is 23.3. The van der Waals surface area contributed by atoms with E-state index in [0.29, 0.717) is 58.5 Å². The molecule has 0 bridgehead atoms. The number of amides is 1. The Balaban J connectivity index is 1.39. The highest BCUT2D eigenvalue weighted by Gasteiger charge is 2.38. The maximum absolute atomic E-state index is 13.6. The molecule has 1 saturated carbocycles. The van der Waals surface area contributed by atoms with Crippen LogP contribution in [0.5, 0.6) is 5.88 Å². The predicted molar refractivity (Wildman–Crippen MR) is 148 cm³/mol. The summed E-state index contributed by atoms with van der Waals surface area (Å²) in [6, 6.07) is 8.77. The van der Waals surface area contributed by atoms with E-state index in [1.807, 2.05) is 0 Å². The van der Waals surface area contributed by atoms with Crippen LogP contribution >= 0.6 is 11.3 Å². The van der Waals surface area contributed by atoms with Crippen molar-refractivity contribution in [3.8, 4) is 5.88 Å². The normalized spacial score (nSPS) is 19.7. The van der Waals surface area contributed by atoms with Gasteiger partial charge in [-0.1, -0.05) is 49.2 Å². The number of carbonyl (C=O) groups excluding carboxylic acids is 1. The summed E-state index contributed by atoms with van der Waals surface area (Å²) in [7, 11) is -2.44. The number of benzene rings is 1. The molecule has 1 unspecified atom stereocenters. The lowest BCUT2D eigenvalue weighted by Crippen LogP contribution is -2.47. The molecule has 1 aliphatic heterocycles. The van der Waals surface area contributed by atoms with Gasteiger partial charge < -0.3 is 15.2 Å². The number of ether oxygens (including phenoxy) is 1. The SMILES string of the molecule is COc1ccc2nc(NC(=O)C(CC3CCCC3)c3ccc(S(=O)(=O)N4CCCC[C@H]4C(=O)O)cc3)sc2n1. The zero-order valence-electron chi connectivity index (χ0n) is 21.7. The highest BCUT2D eigenvalue weighted by Crippen LogP contribution is 2.36. The van der Waals surface area contributed by atoms with Gasteiger partial charge in [-0.2, -0.15) is 4.31 Å². The Morgan fingerprint density at radius 1 is 1.08 bits per heavy atom. The Kier molecular flexibility index (Phi) is 8.15. The average molecular weight is 573 g/mol. The van der Waals surface area contributed by atoms with Crippen LogP contribution in [0.25, 0.3) is 10.3 Å². The summed E-state index contributed by atoms with van der Waals surface area (Å²) < 4.78 is 32.9. The Morgan fingerprint density at radius 3 is 2.49 bits per heavy atom. The first-order valence-electron chi connectivity index (χ1n) is 13.2. The number of carboxylic acid groups (broad SMARTS) is 1. The second-order valence-corrected chi connectivity index (χ2v) is 13.0. The number of nitrogens with one attached hydrogen (secondary N) is 1. The predicted octanol–water partition coefficient (Wildman–Crippen LogP) is 4.63. The fourth-order valence-electron chi connectivity index (χ4n) is 5.58. The van der Waals surface area contributed by atoms with E-state index >= 15 is 0 Å². The lowest BCUT2D eigenvalue weighted by Gasteiger charge is -2.32. The Hall–Kier alpha value is -3.09. The molecule has 39 heavy (non-hydrogen) atoms. The summed E-state index contributed by atoms with van der Waals surface area (Å²) >= 11 is 1.27. The number of pyridine rings is 1. The Labute approximate surface area is 231 Å². The fraction of sp³-hybridized carbons (Fsp3) is 0.481. The molecule has 1 amide bonds. The van der Waals surface area contributed by atoms with E-state index in [2.05, 4.69) is 15.3 Å². The number of hydrogen-bond donors (Lipinski definition) is 2. The number of carboxylic acids is 1. The van der Waals surface area contributed by atoms with Gasteiger partial charge in [0.1, 0.15) is 16.4 Å². The number of methoxy groups -OCH3 is 1. The minimum absolute atomic E-state index is 0.0330. The van der Waals surface area contributed by atoms with Crippen LogP contribution in [-0.4, -0.2) is 59.4 Å². The van der Waals surface area contributed by atoms with Crippen molar-refractivity contribution in [3.05, 3.63) is 42.0 Å². The van der Waals surface area contributed by atoms with E-state index in [-0.39, 0.29) is 17.3 Å². The van der Waals surface area contributed by atoms with Crippen LogP contribution in [0.1, 0.15) is 62.8 Å². The number of aromatic nitrogens is 2. The molecule has 1 aromatic carbocycles. The number of fused-ring (bicyclic) bond motifs is 1. The third-order valence-corrected chi connectivity index (χ3v) is 10.5. The molecule has 0 spiro atoms. The third-order valence-electron chi connectivity index (χ3n) is 7.66. The van der Waals surface area contributed by atoms with Crippen LogP contribution in [0.15, 0.2) is 41.3 Å². The van der Waals surface area contributed by atoms with Crippen molar-refractivity contribution in [1.29, 1.82) is 0 Å². The maximum Gasteiger partial charge on any atom is 0.322 e. The quantitative estimate of drug-likeness (QED) is 0.378. The van der Waals surface area contributed by atoms with E-state index in [4.69, 9.17) is 4.74 Å². The van der Waals surface area contributed by atoms with Crippen LogP contribution in [0.3, 0.4) is 0 Å². The molecule has 208 valence electrons. The summed E-state index contributed by atoms with van der Waals surface area (Å²) in [5, 5.41) is 13.0. The second-order valence-electron chi connectivity index (χ2n) is 10.2. The van der Waals surface area contributed by atoms with Crippen molar-refractivity contribution in [2.75, 3.05) is 19.0 Å². The molecule has 2 N–H and O–H groups in total. The minimum atomic E-state index is -3.98. The number of piperidine rings is 1. The molecule has 3 aromatic rings. The molecule has 2 fully saturated rings. The molecule has 0 radical (unpaired) electrons. The van der Waals surface area contributed by atoms with Gasteiger partial charge in [0.15, 0.2) is 5.13 Å². The molecule has 10 nitrogen and oxygen atoms in total. The van der Waals surface area contributed by atoms with Gasteiger partial charge in [-0.15, -0.1) is 0 Å². The first-order valence-corrected chi connectivity index (χ1v) is 15.5. The monoisotopic (exact) mass is 572 g/mol. The van der Waals surface area contributed by atoms with Gasteiger partial charge in [-0.05, 0) is 55.4 Å². The molecule has 1 saturated heterocycles. The topological polar surface area (TPSA) is 139 Å². The van der Waals surface area contributed by atoms with Crippen LogP contribution < -0.4 is 10.1 Å². The molecular weight excluding hydrogens is 540 g/mol. The first kappa shape index (κ1) is 27.5. The minimum Gasteiger partial charge on any atom is -0.481 e. The van der Waals surface area contributed by atoms with Crippen molar-refractivity contribution < 1.29 is 27.9 Å². The van der Waals surface area contributed by atoms with Crippen LogP contribution in [0.2, 0.25) is 0 Å². The smallest absolute Gasteiger partial charge is 0.322 e. The Bertz CT molecular complexity index is 1450. The number of sulfonamides is 1. The van der Waals surface area contributed by atoms with Gasteiger partial charge in [0.25, 0.3) is 0 Å². The van der Waals surface area contributed by atoms with E-state index in [1.165, 1.54) is 23.5 Å². The van der Waals surface area contributed by atoms with Crippen molar-refractivity contribution in [2.45, 2.75) is 68.2 Å². The standard InChI is InChI=1S/C27H32N4O6S2/c1-37-23-14-13-21-25(29-23)38-27(28-21)30-24(32)20(16-17-6-2-3-7-17)18-9-11-19(12-10-18)39(35,36)31-15-5-4-8-22(31)26(33)34/h9-14,17,20,22H,2-8,15-16H2,1H3,(H,33,34)(H,28,30,32)/t20?,22-/m0/s1. The largest absolute Gasteiger partial charge is 0.481 e. The van der Waals surface area contributed by atoms with Gasteiger partial charge in [-0.3, -0.25) is 9.59 Å². The Morgan fingerprint density at radius 2 is 1.79 bits per heavy atom. The number of carbonyl (C=O) groups is 2. The summed E-state index contributed by atoms with van der Waals surface area (Å²) in [4.78, 5) is 34.8. The lowest BCUT2D eigenvalue weighted by atomic mass is 9.87. The van der Waals surface area contributed by atoms with E-state index < -0.39 is 28.0 Å².